The first-order chi connectivity index (χ1) is 6.67. The van der Waals surface area contributed by atoms with Gasteiger partial charge in [0.15, 0.2) is 0 Å². The van der Waals surface area contributed by atoms with Crippen molar-refractivity contribution in [3.8, 4) is 5.75 Å². The highest BCUT2D eigenvalue weighted by Gasteiger charge is 2.06. The van der Waals surface area contributed by atoms with Gasteiger partial charge in [0.2, 0.25) is 0 Å². The number of halogens is 2. The summed E-state index contributed by atoms with van der Waals surface area (Å²) in [6.45, 7) is 0. The van der Waals surface area contributed by atoms with E-state index in [1.54, 1.807) is 7.11 Å². The Balaban J connectivity index is 2.89. The topological polar surface area (TPSA) is 26.3 Å². The van der Waals surface area contributed by atoms with Crippen LogP contribution >= 0.6 is 38.5 Å². The van der Waals surface area contributed by atoms with Gasteiger partial charge in [-0.25, -0.2) is 0 Å². The number of carbonyl (C=O) groups excluding carboxylic acids is 1. The number of ether oxygens (including phenoxy) is 1. The molecule has 0 atom stereocenters. The molecule has 0 saturated carbocycles. The van der Waals surface area contributed by atoms with Crippen molar-refractivity contribution in [2.75, 3.05) is 12.4 Å². The largest absolute Gasteiger partial charge is 0.497 e. The van der Waals surface area contributed by atoms with Crippen LogP contribution in [0.1, 0.15) is 5.56 Å². The number of alkyl halides is 1. The Hall–Kier alpha value is -0.100. The average Bonchev–Trinajstić information content (AvgIpc) is 2.21. The van der Waals surface area contributed by atoms with Gasteiger partial charge in [-0.1, -0.05) is 15.9 Å². The van der Waals surface area contributed by atoms with E-state index in [2.05, 4.69) is 38.5 Å². The van der Waals surface area contributed by atoms with Gasteiger partial charge in [-0.05, 0) is 46.4 Å². The summed E-state index contributed by atoms with van der Waals surface area (Å²) >= 11 is 5.37. The minimum absolute atomic E-state index is 0.177. The van der Waals surface area contributed by atoms with Crippen molar-refractivity contribution in [2.24, 2.45) is 0 Å². The molecule has 1 aromatic rings. The Kier molecular flexibility index (Phi) is 4.88. The van der Waals surface area contributed by atoms with Crippen molar-refractivity contribution in [2.45, 2.75) is 6.42 Å². The zero-order chi connectivity index (χ0) is 10.6. The van der Waals surface area contributed by atoms with Crippen molar-refractivity contribution in [3.05, 3.63) is 27.3 Å². The third-order valence-electron chi connectivity index (χ3n) is 1.79. The van der Waals surface area contributed by atoms with E-state index < -0.39 is 0 Å². The van der Waals surface area contributed by atoms with Crippen LogP contribution in [0.2, 0.25) is 0 Å². The molecule has 76 valence electrons. The lowest BCUT2D eigenvalue weighted by atomic mass is 10.1. The molecular formula is C10H10BrIO2. The van der Waals surface area contributed by atoms with E-state index in [4.69, 9.17) is 4.74 Å². The van der Waals surface area contributed by atoms with Gasteiger partial charge in [0, 0.05) is 9.99 Å². The molecule has 0 aliphatic rings. The number of methoxy groups -OCH3 is 1. The number of carbonyl (C=O) groups is 1. The summed E-state index contributed by atoms with van der Waals surface area (Å²) in [5.41, 5.74) is 1.02. The molecular weight excluding hydrogens is 359 g/mol. The standard InChI is InChI=1S/C10H10BrIO2/c1-14-9-2-3-10(12)7(5-9)4-8(13)6-11/h2-3,5H,4,6H2,1H3. The molecule has 2 nitrogen and oxygen atoms in total. The normalized spacial score (nSPS) is 9.93. The maximum Gasteiger partial charge on any atom is 0.147 e. The number of Topliss-reactive ketones (excluding diaryl/α,β-unsaturated/α-hetero) is 1. The summed E-state index contributed by atoms with van der Waals surface area (Å²) in [5.74, 6) is 0.971. The van der Waals surface area contributed by atoms with Crippen LogP contribution in [0.15, 0.2) is 18.2 Å². The van der Waals surface area contributed by atoms with Gasteiger partial charge in [0.1, 0.15) is 11.5 Å². The number of benzene rings is 1. The summed E-state index contributed by atoms with van der Waals surface area (Å²) < 4.78 is 6.19. The monoisotopic (exact) mass is 368 g/mol. The van der Waals surface area contributed by atoms with E-state index >= 15 is 0 Å². The van der Waals surface area contributed by atoms with Crippen molar-refractivity contribution in [3.63, 3.8) is 0 Å². The Bertz CT molecular complexity index is 339. The summed E-state index contributed by atoms with van der Waals surface area (Å²) in [5, 5.41) is 0.403. The smallest absolute Gasteiger partial charge is 0.147 e. The molecule has 0 radical (unpaired) electrons. The van der Waals surface area contributed by atoms with Crippen LogP contribution in [0, 0.1) is 3.57 Å². The van der Waals surface area contributed by atoms with E-state index in [9.17, 15) is 4.79 Å². The first kappa shape index (κ1) is 12.0. The third kappa shape index (κ3) is 3.24. The van der Waals surface area contributed by atoms with Gasteiger partial charge in [-0.2, -0.15) is 0 Å². The zero-order valence-electron chi connectivity index (χ0n) is 7.72. The molecule has 0 aromatic heterocycles. The number of hydrogen-bond acceptors (Lipinski definition) is 2. The second kappa shape index (κ2) is 5.70. The van der Waals surface area contributed by atoms with Crippen molar-refractivity contribution in [1.29, 1.82) is 0 Å². The highest BCUT2D eigenvalue weighted by molar-refractivity contribution is 14.1. The van der Waals surface area contributed by atoms with Crippen LogP contribution in [0.5, 0.6) is 5.75 Å². The second-order valence-electron chi connectivity index (χ2n) is 2.81. The molecule has 4 heteroatoms. The Morgan fingerprint density at radius 3 is 2.86 bits per heavy atom. The van der Waals surface area contributed by atoms with E-state index in [-0.39, 0.29) is 5.78 Å². The fraction of sp³-hybridized carbons (Fsp3) is 0.300. The lowest BCUT2D eigenvalue weighted by Crippen LogP contribution is -2.05. The van der Waals surface area contributed by atoms with Crippen LogP contribution in [-0.4, -0.2) is 18.2 Å². The van der Waals surface area contributed by atoms with Crippen molar-refractivity contribution >= 4 is 44.3 Å². The predicted octanol–water partition coefficient (Wildman–Crippen LogP) is 2.81. The second-order valence-corrected chi connectivity index (χ2v) is 4.53. The molecule has 0 bridgehead atoms. The third-order valence-corrected chi connectivity index (χ3v) is 3.47. The van der Waals surface area contributed by atoms with Gasteiger partial charge < -0.3 is 4.74 Å². The van der Waals surface area contributed by atoms with Gasteiger partial charge in [0.05, 0.1) is 12.4 Å². The molecule has 0 aliphatic carbocycles. The van der Waals surface area contributed by atoms with Crippen LogP contribution in [-0.2, 0) is 11.2 Å². The van der Waals surface area contributed by atoms with E-state index in [0.29, 0.717) is 11.8 Å². The maximum atomic E-state index is 11.2. The van der Waals surface area contributed by atoms with E-state index in [0.717, 1.165) is 14.9 Å². The first-order valence-corrected chi connectivity index (χ1v) is 6.27. The summed E-state index contributed by atoms with van der Waals surface area (Å²) in [7, 11) is 1.62. The fourth-order valence-electron chi connectivity index (χ4n) is 1.07. The molecule has 1 rings (SSSR count). The molecule has 0 N–H and O–H groups in total. The molecule has 0 spiro atoms. The predicted molar refractivity (Wildman–Crippen MR) is 68.2 cm³/mol. The average molecular weight is 369 g/mol. The first-order valence-electron chi connectivity index (χ1n) is 4.07. The number of hydrogen-bond donors (Lipinski definition) is 0. The molecule has 0 heterocycles. The molecule has 0 unspecified atom stereocenters. The van der Waals surface area contributed by atoms with Crippen LogP contribution < -0.4 is 4.74 Å². The van der Waals surface area contributed by atoms with Crippen LogP contribution in [0.4, 0.5) is 0 Å². The Morgan fingerprint density at radius 2 is 2.29 bits per heavy atom. The number of ketones is 1. The maximum absolute atomic E-state index is 11.2. The lowest BCUT2D eigenvalue weighted by Gasteiger charge is -2.05. The molecule has 0 amide bonds. The molecule has 0 aliphatic heterocycles. The van der Waals surface area contributed by atoms with Crippen molar-refractivity contribution < 1.29 is 9.53 Å². The Labute approximate surface area is 105 Å². The minimum Gasteiger partial charge on any atom is -0.497 e. The highest BCUT2D eigenvalue weighted by Crippen LogP contribution is 2.20. The molecule has 14 heavy (non-hydrogen) atoms. The summed E-state index contributed by atoms with van der Waals surface area (Å²) in [4.78, 5) is 11.2. The van der Waals surface area contributed by atoms with Gasteiger partial charge in [0.25, 0.3) is 0 Å². The van der Waals surface area contributed by atoms with E-state index in [1.807, 2.05) is 18.2 Å². The molecule has 0 saturated heterocycles. The lowest BCUT2D eigenvalue weighted by molar-refractivity contribution is -0.115. The van der Waals surface area contributed by atoms with E-state index in [1.165, 1.54) is 0 Å². The zero-order valence-corrected chi connectivity index (χ0v) is 11.5. The van der Waals surface area contributed by atoms with Gasteiger partial charge in [-0.3, -0.25) is 4.79 Å². The minimum atomic E-state index is 0.177. The highest BCUT2D eigenvalue weighted by atomic mass is 127. The van der Waals surface area contributed by atoms with Crippen molar-refractivity contribution in [1.82, 2.24) is 0 Å². The summed E-state index contributed by atoms with van der Waals surface area (Å²) in [6.07, 6.45) is 0.459. The summed E-state index contributed by atoms with van der Waals surface area (Å²) in [6, 6.07) is 5.75. The fourth-order valence-corrected chi connectivity index (χ4v) is 1.80. The molecule has 0 fully saturated rings. The Morgan fingerprint density at radius 1 is 1.57 bits per heavy atom. The van der Waals surface area contributed by atoms with Crippen LogP contribution in [0.3, 0.4) is 0 Å². The van der Waals surface area contributed by atoms with Gasteiger partial charge >= 0.3 is 0 Å². The molecule has 1 aromatic carbocycles. The quantitative estimate of drug-likeness (QED) is 0.603. The number of rotatable bonds is 4. The van der Waals surface area contributed by atoms with Crippen LogP contribution in [0.25, 0.3) is 0 Å². The SMILES string of the molecule is COc1ccc(I)c(CC(=O)CBr)c1. The van der Waals surface area contributed by atoms with Gasteiger partial charge in [-0.15, -0.1) is 0 Å².